The Morgan fingerprint density at radius 1 is 1.11 bits per heavy atom. The smallest absolute Gasteiger partial charge is 0.297 e. The molecule has 38 heavy (non-hydrogen) atoms. The summed E-state index contributed by atoms with van der Waals surface area (Å²) >= 11 is 5.91. The lowest BCUT2D eigenvalue weighted by Crippen LogP contribution is -2.48. The normalized spacial score (nSPS) is 14.3. The van der Waals surface area contributed by atoms with Crippen LogP contribution in [0, 0.1) is 5.82 Å². The van der Waals surface area contributed by atoms with Crippen molar-refractivity contribution in [1.82, 2.24) is 15.0 Å². The number of rotatable bonds is 5. The van der Waals surface area contributed by atoms with Crippen molar-refractivity contribution < 1.29 is 19.1 Å². The number of aromatic nitrogens is 1. The third-order valence-electron chi connectivity index (χ3n) is 6.04. The van der Waals surface area contributed by atoms with E-state index in [0.717, 1.165) is 11.1 Å². The van der Waals surface area contributed by atoms with Crippen LogP contribution in [0.4, 0.5) is 4.39 Å². The van der Waals surface area contributed by atoms with Gasteiger partial charge in [0.05, 0.1) is 10.5 Å². The summed E-state index contributed by atoms with van der Waals surface area (Å²) in [6.07, 6.45) is 2.74. The predicted octanol–water partition coefficient (Wildman–Crippen LogP) is 4.49. The molecule has 10 heteroatoms. The molecule has 0 spiro atoms. The number of nitrogens with zero attached hydrogens (tertiary/aromatic N) is 3. The molecule has 0 saturated carbocycles. The van der Waals surface area contributed by atoms with E-state index in [9.17, 15) is 23.9 Å². The van der Waals surface area contributed by atoms with Crippen LogP contribution >= 0.6 is 11.6 Å². The molecule has 0 atom stereocenters. The van der Waals surface area contributed by atoms with Crippen molar-refractivity contribution in [3.63, 3.8) is 0 Å². The standard InChI is InChI=1S/C28H20ClFN4O4/c1-2-33-15-19(25(36)18-13-21(30)20(29)14-23(18)33)27(37)32-34-26(16-8-4-3-5-9-16)31-22(28(34)38)12-17-10-6-7-11-24(17)35/h3-15,35H,2H2,1H3,(H,32,37). The summed E-state index contributed by atoms with van der Waals surface area (Å²) < 4.78 is 15.8. The fourth-order valence-electron chi connectivity index (χ4n) is 4.13. The topological polar surface area (TPSA) is 104 Å². The maximum absolute atomic E-state index is 14.2. The summed E-state index contributed by atoms with van der Waals surface area (Å²) in [6.45, 7) is 2.16. The maximum Gasteiger partial charge on any atom is 0.297 e. The number of phenolic OH excluding ortho intramolecular Hbond substituents is 1. The zero-order valence-electron chi connectivity index (χ0n) is 20.0. The van der Waals surface area contributed by atoms with E-state index in [1.54, 1.807) is 60.0 Å². The number of fused-ring (bicyclic) bond motifs is 1. The molecule has 5 rings (SSSR count). The number of amidine groups is 1. The lowest BCUT2D eigenvalue weighted by Gasteiger charge is -2.20. The van der Waals surface area contributed by atoms with Gasteiger partial charge in [-0.05, 0) is 31.2 Å². The van der Waals surface area contributed by atoms with Crippen LogP contribution in [0.15, 0.2) is 88.4 Å². The molecule has 3 aromatic carbocycles. The molecule has 8 nitrogen and oxygen atoms in total. The number of hydrazine groups is 1. The van der Waals surface area contributed by atoms with E-state index in [1.807, 2.05) is 0 Å². The molecule has 2 heterocycles. The molecular formula is C28H20ClFN4O4. The van der Waals surface area contributed by atoms with Crippen molar-refractivity contribution in [3.8, 4) is 5.75 Å². The van der Waals surface area contributed by atoms with Crippen molar-refractivity contribution >= 4 is 46.2 Å². The molecule has 2 amide bonds. The number of hydrogen-bond acceptors (Lipinski definition) is 5. The number of carbonyl (C=O) groups is 2. The Labute approximate surface area is 220 Å². The van der Waals surface area contributed by atoms with Crippen molar-refractivity contribution in [2.45, 2.75) is 13.5 Å². The number of aliphatic imine (C=N–C) groups is 1. The van der Waals surface area contributed by atoms with E-state index >= 15 is 0 Å². The molecule has 0 unspecified atom stereocenters. The Bertz CT molecular complexity index is 1730. The number of nitrogens with one attached hydrogen (secondary N) is 1. The van der Waals surface area contributed by atoms with E-state index in [4.69, 9.17) is 11.6 Å². The van der Waals surface area contributed by atoms with Gasteiger partial charge in [-0.2, -0.15) is 5.01 Å². The zero-order chi connectivity index (χ0) is 27.0. The van der Waals surface area contributed by atoms with Crippen LogP contribution < -0.4 is 10.9 Å². The fourth-order valence-corrected chi connectivity index (χ4v) is 4.29. The quantitative estimate of drug-likeness (QED) is 0.371. The van der Waals surface area contributed by atoms with E-state index < -0.39 is 23.1 Å². The minimum atomic E-state index is -0.879. The molecular weight excluding hydrogens is 511 g/mol. The largest absolute Gasteiger partial charge is 0.507 e. The van der Waals surface area contributed by atoms with E-state index in [-0.39, 0.29) is 33.3 Å². The molecule has 0 radical (unpaired) electrons. The Morgan fingerprint density at radius 2 is 1.82 bits per heavy atom. The molecule has 1 aliphatic rings. The number of carbonyl (C=O) groups excluding carboxylic acids is 2. The number of benzene rings is 3. The Hall–Kier alpha value is -4.76. The van der Waals surface area contributed by atoms with Crippen LogP contribution in [0.25, 0.3) is 17.0 Å². The number of para-hydroxylation sites is 1. The molecule has 190 valence electrons. The number of aromatic hydroxyl groups is 1. The van der Waals surface area contributed by atoms with Crippen LogP contribution in [-0.4, -0.2) is 32.3 Å². The fraction of sp³-hybridized carbons (Fsp3) is 0.0714. The maximum atomic E-state index is 14.2. The Balaban J connectivity index is 1.57. The minimum Gasteiger partial charge on any atom is -0.507 e. The average molecular weight is 531 g/mol. The third-order valence-corrected chi connectivity index (χ3v) is 6.33. The summed E-state index contributed by atoms with van der Waals surface area (Å²) in [7, 11) is 0. The number of pyridine rings is 1. The molecule has 0 aliphatic carbocycles. The highest BCUT2D eigenvalue weighted by Crippen LogP contribution is 2.25. The van der Waals surface area contributed by atoms with Gasteiger partial charge in [0.15, 0.2) is 5.84 Å². The second-order valence-electron chi connectivity index (χ2n) is 8.41. The third kappa shape index (κ3) is 4.44. The van der Waals surface area contributed by atoms with Crippen molar-refractivity contribution in [2.75, 3.05) is 0 Å². The SMILES string of the molecule is CCn1cc(C(=O)NN2C(=O)C(=Cc3ccccc3O)N=C2c2ccccc2)c(=O)c2cc(F)c(Cl)cc21. The Kier molecular flexibility index (Phi) is 6.52. The van der Waals surface area contributed by atoms with Gasteiger partial charge in [-0.25, -0.2) is 9.38 Å². The highest BCUT2D eigenvalue weighted by atomic mass is 35.5. The van der Waals surface area contributed by atoms with Gasteiger partial charge < -0.3 is 9.67 Å². The summed E-state index contributed by atoms with van der Waals surface area (Å²) in [5.74, 6) is -2.26. The first kappa shape index (κ1) is 24.9. The molecule has 1 aromatic heterocycles. The molecule has 1 aliphatic heterocycles. The molecule has 2 N–H and O–H groups in total. The molecule has 0 bridgehead atoms. The summed E-state index contributed by atoms with van der Waals surface area (Å²) in [5, 5.41) is 10.9. The van der Waals surface area contributed by atoms with Crippen LogP contribution in [0.3, 0.4) is 0 Å². The van der Waals surface area contributed by atoms with Gasteiger partial charge >= 0.3 is 0 Å². The molecule has 0 fully saturated rings. The second kappa shape index (κ2) is 9.95. The Morgan fingerprint density at radius 3 is 2.53 bits per heavy atom. The van der Waals surface area contributed by atoms with Gasteiger partial charge in [0, 0.05) is 29.3 Å². The molecule has 4 aromatic rings. The van der Waals surface area contributed by atoms with E-state index in [2.05, 4.69) is 10.4 Å². The van der Waals surface area contributed by atoms with E-state index in [1.165, 1.54) is 24.4 Å². The lowest BCUT2D eigenvalue weighted by molar-refractivity contribution is -0.124. The van der Waals surface area contributed by atoms with Gasteiger partial charge in [-0.1, -0.05) is 60.1 Å². The van der Waals surface area contributed by atoms with Gasteiger partial charge in [0.2, 0.25) is 5.43 Å². The number of halogens is 2. The van der Waals surface area contributed by atoms with E-state index in [0.29, 0.717) is 23.2 Å². The zero-order valence-corrected chi connectivity index (χ0v) is 20.7. The van der Waals surface area contributed by atoms with Crippen molar-refractivity contribution in [2.24, 2.45) is 4.99 Å². The minimum absolute atomic E-state index is 0.0220. The first-order valence-electron chi connectivity index (χ1n) is 11.6. The van der Waals surface area contributed by atoms with Crippen LogP contribution in [0.1, 0.15) is 28.4 Å². The van der Waals surface area contributed by atoms with Gasteiger partial charge in [-0.15, -0.1) is 0 Å². The first-order chi connectivity index (χ1) is 18.3. The highest BCUT2D eigenvalue weighted by Gasteiger charge is 2.33. The lowest BCUT2D eigenvalue weighted by atomic mass is 10.1. The summed E-state index contributed by atoms with van der Waals surface area (Å²) in [4.78, 5) is 44.4. The number of phenols is 1. The second-order valence-corrected chi connectivity index (χ2v) is 8.82. The van der Waals surface area contributed by atoms with Gasteiger partial charge in [-0.3, -0.25) is 19.8 Å². The predicted molar refractivity (Wildman–Crippen MR) is 142 cm³/mol. The number of hydrogen-bond donors (Lipinski definition) is 2. The van der Waals surface area contributed by atoms with Crippen LogP contribution in [0.2, 0.25) is 5.02 Å². The average Bonchev–Trinajstić information content (AvgIpc) is 3.22. The first-order valence-corrected chi connectivity index (χ1v) is 12.0. The van der Waals surface area contributed by atoms with Gasteiger partial charge in [0.1, 0.15) is 22.8 Å². The monoisotopic (exact) mass is 530 g/mol. The highest BCUT2D eigenvalue weighted by molar-refractivity contribution is 6.31. The van der Waals surface area contributed by atoms with Crippen LogP contribution in [0.5, 0.6) is 5.75 Å². The number of aryl methyl sites for hydroxylation is 1. The summed E-state index contributed by atoms with van der Waals surface area (Å²) in [5.41, 5.74) is 2.71. The number of amides is 2. The molecule has 0 saturated heterocycles. The van der Waals surface area contributed by atoms with Crippen LogP contribution in [-0.2, 0) is 11.3 Å². The van der Waals surface area contributed by atoms with Gasteiger partial charge in [0.25, 0.3) is 11.8 Å². The van der Waals surface area contributed by atoms with Crippen molar-refractivity contribution in [3.05, 3.63) is 116 Å². The summed E-state index contributed by atoms with van der Waals surface area (Å²) in [6, 6.07) is 17.5. The van der Waals surface area contributed by atoms with Crippen molar-refractivity contribution in [1.29, 1.82) is 0 Å².